The molecule has 0 amide bonds. The van der Waals surface area contributed by atoms with Crippen molar-refractivity contribution in [2.45, 2.75) is 6.92 Å². The molecule has 2 aromatic rings. The molecule has 22 heavy (non-hydrogen) atoms. The summed E-state index contributed by atoms with van der Waals surface area (Å²) in [6.45, 7) is 6.16. The molecule has 1 aromatic heterocycles. The van der Waals surface area contributed by atoms with Gasteiger partial charge >= 0.3 is 0 Å². The number of rotatable bonds is 0. The lowest BCUT2D eigenvalue weighted by atomic mass is 10.2. The lowest BCUT2D eigenvalue weighted by Gasteiger charge is -2.34. The van der Waals surface area contributed by atoms with Gasteiger partial charge in [0.1, 0.15) is 10.7 Å². The molecule has 3 heterocycles. The molecule has 0 unspecified atom stereocenters. The Balaban J connectivity index is 1.81. The summed E-state index contributed by atoms with van der Waals surface area (Å²) in [6, 6.07) is 8.20. The van der Waals surface area contributed by atoms with Crippen LogP contribution in [0.2, 0.25) is 0 Å². The normalized spacial score (nSPS) is 18.1. The topological polar surface area (TPSA) is 43.8 Å². The van der Waals surface area contributed by atoms with Crippen molar-refractivity contribution in [3.8, 4) is 0 Å². The van der Waals surface area contributed by atoms with Crippen LogP contribution in [0.1, 0.15) is 10.7 Å². The van der Waals surface area contributed by atoms with Crippen LogP contribution >= 0.6 is 11.3 Å². The molecule has 0 aliphatic carbocycles. The Morgan fingerprint density at radius 1 is 1.14 bits per heavy atom. The Labute approximate surface area is 134 Å². The summed E-state index contributed by atoms with van der Waals surface area (Å²) in [5, 5.41) is 5.67. The van der Waals surface area contributed by atoms with Crippen LogP contribution in [0.5, 0.6) is 0 Å². The fraction of sp³-hybridized carbons (Fsp3) is 0.375. The van der Waals surface area contributed by atoms with Gasteiger partial charge < -0.3 is 15.1 Å². The van der Waals surface area contributed by atoms with Crippen molar-refractivity contribution in [1.29, 1.82) is 0 Å². The van der Waals surface area contributed by atoms with Gasteiger partial charge in [-0.2, -0.15) is 0 Å². The number of likely N-dealkylation sites (N-methyl/N-ethyl adjacent to an activating group) is 1. The zero-order valence-corrected chi connectivity index (χ0v) is 13.7. The summed E-state index contributed by atoms with van der Waals surface area (Å²) >= 11 is 1.70. The summed E-state index contributed by atoms with van der Waals surface area (Å²) in [6.07, 6.45) is 0. The smallest absolute Gasteiger partial charge is 0.158 e. The number of anilines is 2. The maximum absolute atomic E-state index is 4.95. The van der Waals surface area contributed by atoms with E-state index >= 15 is 0 Å². The van der Waals surface area contributed by atoms with E-state index in [1.54, 1.807) is 11.3 Å². The first-order valence-corrected chi connectivity index (χ1v) is 8.38. The van der Waals surface area contributed by atoms with Gasteiger partial charge in [0.05, 0.1) is 16.4 Å². The number of fused-ring (bicyclic) bond motifs is 2. The number of piperazine rings is 1. The number of nitrogens with zero attached hydrogens (tertiary/aromatic N) is 4. The van der Waals surface area contributed by atoms with Gasteiger partial charge in [-0.1, -0.05) is 12.1 Å². The Hall–Kier alpha value is -1.92. The molecular weight excluding hydrogens is 294 g/mol. The number of para-hydroxylation sites is 2. The van der Waals surface area contributed by atoms with E-state index in [1.165, 1.54) is 0 Å². The molecule has 2 aliphatic rings. The zero-order chi connectivity index (χ0) is 15.1. The van der Waals surface area contributed by atoms with Gasteiger partial charge in [0.25, 0.3) is 0 Å². The Morgan fingerprint density at radius 2 is 1.91 bits per heavy atom. The maximum atomic E-state index is 4.95. The number of hydrogen-bond donors (Lipinski definition) is 1. The SMILES string of the molecule is Cc1nc2c(s1)Nc1ccccc1N=C2N1CCN(C)CC1. The van der Waals surface area contributed by atoms with Crippen LogP contribution in [0.15, 0.2) is 29.3 Å². The summed E-state index contributed by atoms with van der Waals surface area (Å²) in [4.78, 5) is 14.4. The molecule has 1 saturated heterocycles. The fourth-order valence-corrected chi connectivity index (χ4v) is 3.70. The first-order chi connectivity index (χ1) is 10.7. The molecule has 114 valence electrons. The summed E-state index contributed by atoms with van der Waals surface area (Å²) in [5.41, 5.74) is 3.03. The van der Waals surface area contributed by atoms with Gasteiger partial charge in [0.15, 0.2) is 5.84 Å². The highest BCUT2D eigenvalue weighted by Crippen LogP contribution is 2.37. The van der Waals surface area contributed by atoms with Crippen molar-refractivity contribution in [2.24, 2.45) is 4.99 Å². The molecule has 2 aliphatic heterocycles. The summed E-state index contributed by atoms with van der Waals surface area (Å²) in [5.74, 6) is 1.00. The molecule has 1 aromatic carbocycles. The third-order valence-corrected chi connectivity index (χ3v) is 5.01. The van der Waals surface area contributed by atoms with Gasteiger partial charge in [-0.05, 0) is 26.1 Å². The highest BCUT2D eigenvalue weighted by atomic mass is 32.1. The number of nitrogens with one attached hydrogen (secondary N) is 1. The van der Waals surface area contributed by atoms with E-state index in [-0.39, 0.29) is 0 Å². The van der Waals surface area contributed by atoms with Gasteiger partial charge in [-0.15, -0.1) is 11.3 Å². The van der Waals surface area contributed by atoms with E-state index in [1.807, 2.05) is 12.1 Å². The first-order valence-electron chi connectivity index (χ1n) is 7.57. The number of thiazole rings is 1. The highest BCUT2D eigenvalue weighted by molar-refractivity contribution is 7.16. The molecule has 5 nitrogen and oxygen atoms in total. The van der Waals surface area contributed by atoms with Crippen molar-refractivity contribution in [2.75, 3.05) is 38.5 Å². The minimum atomic E-state index is 0.985. The van der Waals surface area contributed by atoms with Crippen molar-refractivity contribution in [3.05, 3.63) is 35.0 Å². The largest absolute Gasteiger partial charge is 0.352 e. The molecular formula is C16H19N5S. The fourth-order valence-electron chi connectivity index (χ4n) is 2.87. The van der Waals surface area contributed by atoms with E-state index in [2.05, 4.69) is 41.2 Å². The first kappa shape index (κ1) is 13.7. The second-order valence-corrected chi connectivity index (χ2v) is 6.98. The third kappa shape index (κ3) is 2.38. The minimum Gasteiger partial charge on any atom is -0.352 e. The van der Waals surface area contributed by atoms with E-state index < -0.39 is 0 Å². The second-order valence-electron chi connectivity index (χ2n) is 5.78. The third-order valence-electron chi connectivity index (χ3n) is 4.13. The number of aromatic nitrogens is 1. The summed E-state index contributed by atoms with van der Waals surface area (Å²) < 4.78 is 0. The Morgan fingerprint density at radius 3 is 2.73 bits per heavy atom. The molecule has 0 spiro atoms. The lowest BCUT2D eigenvalue weighted by Crippen LogP contribution is -2.47. The van der Waals surface area contributed by atoms with Crippen LogP contribution < -0.4 is 5.32 Å². The number of benzene rings is 1. The van der Waals surface area contributed by atoms with Gasteiger partial charge in [-0.25, -0.2) is 9.98 Å². The maximum Gasteiger partial charge on any atom is 0.158 e. The van der Waals surface area contributed by atoms with E-state index in [4.69, 9.17) is 9.98 Å². The van der Waals surface area contributed by atoms with Crippen LogP contribution in [0, 0.1) is 6.92 Å². The molecule has 1 fully saturated rings. The molecule has 4 rings (SSSR count). The van der Waals surface area contributed by atoms with Crippen molar-refractivity contribution in [1.82, 2.24) is 14.8 Å². The van der Waals surface area contributed by atoms with Crippen LogP contribution in [-0.2, 0) is 0 Å². The average Bonchev–Trinajstić information content (AvgIpc) is 2.80. The van der Waals surface area contributed by atoms with Crippen molar-refractivity contribution >= 4 is 33.5 Å². The van der Waals surface area contributed by atoms with Crippen LogP contribution in [0.25, 0.3) is 0 Å². The van der Waals surface area contributed by atoms with Crippen molar-refractivity contribution < 1.29 is 0 Å². The number of aryl methyl sites for hydroxylation is 1. The van der Waals surface area contributed by atoms with Gasteiger partial charge in [-0.3, -0.25) is 0 Å². The number of hydrogen-bond acceptors (Lipinski definition) is 6. The predicted octanol–water partition coefficient (Wildman–Crippen LogP) is 2.83. The van der Waals surface area contributed by atoms with Crippen LogP contribution in [0.4, 0.5) is 16.4 Å². The molecule has 6 heteroatoms. The van der Waals surface area contributed by atoms with E-state index in [0.29, 0.717) is 0 Å². The highest BCUT2D eigenvalue weighted by Gasteiger charge is 2.26. The standard InChI is InChI=1S/C16H19N5S/c1-11-17-14-15(21-9-7-20(2)8-10-21)18-12-5-3-4-6-13(12)19-16(14)22-11/h3-6,19H,7-10H2,1-2H3. The Bertz CT molecular complexity index is 728. The molecule has 0 bridgehead atoms. The summed E-state index contributed by atoms with van der Waals surface area (Å²) in [7, 11) is 2.17. The van der Waals surface area contributed by atoms with Crippen molar-refractivity contribution in [3.63, 3.8) is 0 Å². The zero-order valence-electron chi connectivity index (χ0n) is 12.8. The number of aliphatic imine (C=N–C) groups is 1. The second kappa shape index (κ2) is 5.37. The Kier molecular flexibility index (Phi) is 3.35. The van der Waals surface area contributed by atoms with Crippen LogP contribution in [-0.4, -0.2) is 53.8 Å². The van der Waals surface area contributed by atoms with E-state index in [0.717, 1.165) is 59.1 Å². The molecule has 0 radical (unpaired) electrons. The molecule has 1 N–H and O–H groups in total. The monoisotopic (exact) mass is 313 g/mol. The van der Waals surface area contributed by atoms with E-state index in [9.17, 15) is 0 Å². The van der Waals surface area contributed by atoms with Crippen LogP contribution in [0.3, 0.4) is 0 Å². The average molecular weight is 313 g/mol. The molecule has 0 atom stereocenters. The van der Waals surface area contributed by atoms with Gasteiger partial charge in [0.2, 0.25) is 0 Å². The minimum absolute atomic E-state index is 0.985. The van der Waals surface area contributed by atoms with Gasteiger partial charge in [0, 0.05) is 26.2 Å². The number of amidine groups is 1. The molecule has 0 saturated carbocycles. The predicted molar refractivity (Wildman–Crippen MR) is 91.8 cm³/mol. The quantitative estimate of drug-likeness (QED) is 0.812. The lowest BCUT2D eigenvalue weighted by molar-refractivity contribution is 0.215.